The maximum Gasteiger partial charge on any atom is 0.0587 e. The number of hydrogen-bond acceptors (Lipinski definition) is 3. The highest BCUT2D eigenvalue weighted by Gasteiger charge is 1.99. The van der Waals surface area contributed by atoms with Crippen LogP contribution in [0.5, 0.6) is 0 Å². The van der Waals surface area contributed by atoms with Crippen molar-refractivity contribution < 1.29 is 4.74 Å². The van der Waals surface area contributed by atoms with E-state index in [1.165, 1.54) is 12.8 Å². The van der Waals surface area contributed by atoms with Crippen LogP contribution in [0, 0.1) is 5.92 Å². The predicted octanol–water partition coefficient (Wildman–Crippen LogP) is 0.987. The largest absolute Gasteiger partial charge is 0.383 e. The smallest absolute Gasteiger partial charge is 0.0587 e. The molecule has 0 aromatic carbocycles. The first kappa shape index (κ1) is 12.9. The molecule has 0 radical (unpaired) electrons. The van der Waals surface area contributed by atoms with Crippen LogP contribution >= 0.6 is 0 Å². The molecule has 3 nitrogen and oxygen atoms in total. The van der Waals surface area contributed by atoms with Gasteiger partial charge in [-0.2, -0.15) is 0 Å². The van der Waals surface area contributed by atoms with Crippen molar-refractivity contribution in [2.75, 3.05) is 33.4 Å². The zero-order valence-corrected chi connectivity index (χ0v) is 9.01. The molecule has 1 unspecified atom stereocenters. The highest BCUT2D eigenvalue weighted by atomic mass is 16.5. The Morgan fingerprint density at radius 1 is 1.31 bits per heavy atom. The Hall–Kier alpha value is -0.120. The van der Waals surface area contributed by atoms with Crippen molar-refractivity contribution in [2.45, 2.75) is 26.2 Å². The number of nitrogens with two attached hydrogens (primary N) is 1. The summed E-state index contributed by atoms with van der Waals surface area (Å²) in [6.07, 6.45) is 3.67. The van der Waals surface area contributed by atoms with Crippen LogP contribution in [0.3, 0.4) is 0 Å². The Balaban J connectivity index is 2.97. The molecule has 0 aliphatic heterocycles. The fourth-order valence-electron chi connectivity index (χ4n) is 1.30. The minimum absolute atomic E-state index is 0.772. The van der Waals surface area contributed by atoms with E-state index < -0.39 is 0 Å². The second-order valence-electron chi connectivity index (χ2n) is 3.57. The molecular formula is C10H24N2O. The Kier molecular flexibility index (Phi) is 9.87. The summed E-state index contributed by atoms with van der Waals surface area (Å²) in [5.74, 6) is 0.772. The van der Waals surface area contributed by atoms with Gasteiger partial charge in [0, 0.05) is 13.7 Å². The monoisotopic (exact) mass is 188 g/mol. The summed E-state index contributed by atoms with van der Waals surface area (Å²) in [4.78, 5) is 0. The number of methoxy groups -OCH3 is 1. The van der Waals surface area contributed by atoms with Crippen LogP contribution in [-0.4, -0.2) is 33.4 Å². The van der Waals surface area contributed by atoms with Gasteiger partial charge < -0.3 is 15.8 Å². The average molecular weight is 188 g/mol. The Morgan fingerprint density at radius 3 is 2.69 bits per heavy atom. The van der Waals surface area contributed by atoms with Crippen molar-refractivity contribution in [1.82, 2.24) is 5.32 Å². The predicted molar refractivity (Wildman–Crippen MR) is 56.8 cm³/mol. The van der Waals surface area contributed by atoms with Gasteiger partial charge in [0.1, 0.15) is 0 Å². The maximum atomic E-state index is 5.47. The molecule has 1 atom stereocenters. The van der Waals surface area contributed by atoms with Crippen molar-refractivity contribution in [3.8, 4) is 0 Å². The van der Waals surface area contributed by atoms with E-state index in [1.807, 2.05) is 0 Å². The first-order valence-corrected chi connectivity index (χ1v) is 5.21. The summed E-state index contributed by atoms with van der Waals surface area (Å²) in [5, 5.41) is 3.33. The third-order valence-corrected chi connectivity index (χ3v) is 2.19. The van der Waals surface area contributed by atoms with Gasteiger partial charge >= 0.3 is 0 Å². The molecule has 0 fully saturated rings. The van der Waals surface area contributed by atoms with Gasteiger partial charge in [-0.15, -0.1) is 0 Å². The molecule has 0 rings (SSSR count). The summed E-state index contributed by atoms with van der Waals surface area (Å²) in [7, 11) is 1.73. The van der Waals surface area contributed by atoms with Gasteiger partial charge in [-0.3, -0.25) is 0 Å². The average Bonchev–Trinajstić information content (AvgIpc) is 2.11. The second-order valence-corrected chi connectivity index (χ2v) is 3.57. The molecule has 80 valence electrons. The summed E-state index contributed by atoms with van der Waals surface area (Å²) in [6.45, 7) is 5.94. The summed E-state index contributed by atoms with van der Waals surface area (Å²) < 4.78 is 4.93. The maximum absolute atomic E-state index is 5.47. The van der Waals surface area contributed by atoms with Gasteiger partial charge in [0.15, 0.2) is 0 Å². The Labute approximate surface area is 82.0 Å². The molecule has 0 aliphatic rings. The number of ether oxygens (including phenoxy) is 1. The molecule has 3 N–H and O–H groups in total. The third kappa shape index (κ3) is 9.80. The lowest BCUT2D eigenvalue weighted by atomic mass is 10.0. The van der Waals surface area contributed by atoms with Crippen molar-refractivity contribution in [2.24, 2.45) is 11.7 Å². The van der Waals surface area contributed by atoms with Crippen LogP contribution in [0.25, 0.3) is 0 Å². The van der Waals surface area contributed by atoms with Crippen LogP contribution in [-0.2, 0) is 4.74 Å². The van der Waals surface area contributed by atoms with E-state index in [2.05, 4.69) is 12.2 Å². The van der Waals surface area contributed by atoms with Gasteiger partial charge in [0.25, 0.3) is 0 Å². The van der Waals surface area contributed by atoms with Crippen LogP contribution in [0.4, 0.5) is 0 Å². The molecule has 0 aromatic heterocycles. The molecule has 13 heavy (non-hydrogen) atoms. The van der Waals surface area contributed by atoms with Crippen molar-refractivity contribution in [1.29, 1.82) is 0 Å². The standard InChI is InChI=1S/C10H24N2O/c1-10(5-6-11)4-3-7-12-8-9-13-2/h10,12H,3-9,11H2,1-2H3. The number of hydrogen-bond donors (Lipinski definition) is 2. The Bertz CT molecular complexity index is 98.9. The van der Waals surface area contributed by atoms with Gasteiger partial charge in [-0.05, 0) is 38.3 Å². The topological polar surface area (TPSA) is 47.3 Å². The van der Waals surface area contributed by atoms with Crippen LogP contribution < -0.4 is 11.1 Å². The van der Waals surface area contributed by atoms with E-state index in [4.69, 9.17) is 10.5 Å². The fourth-order valence-corrected chi connectivity index (χ4v) is 1.30. The fraction of sp³-hybridized carbons (Fsp3) is 1.00. The molecule has 0 spiro atoms. The van der Waals surface area contributed by atoms with Crippen molar-refractivity contribution >= 4 is 0 Å². The minimum atomic E-state index is 0.772. The van der Waals surface area contributed by atoms with E-state index in [9.17, 15) is 0 Å². The lowest BCUT2D eigenvalue weighted by molar-refractivity contribution is 0.199. The van der Waals surface area contributed by atoms with Gasteiger partial charge in [0.2, 0.25) is 0 Å². The normalized spacial score (nSPS) is 13.2. The van der Waals surface area contributed by atoms with Gasteiger partial charge in [-0.1, -0.05) is 6.92 Å². The first-order valence-electron chi connectivity index (χ1n) is 5.21. The lowest BCUT2D eigenvalue weighted by Crippen LogP contribution is -2.20. The molecule has 0 heterocycles. The van der Waals surface area contributed by atoms with E-state index in [0.717, 1.165) is 38.6 Å². The summed E-state index contributed by atoms with van der Waals surface area (Å²) in [5.41, 5.74) is 5.47. The summed E-state index contributed by atoms with van der Waals surface area (Å²) >= 11 is 0. The molecule has 0 aromatic rings. The molecule has 0 bridgehead atoms. The molecule has 0 saturated carbocycles. The zero-order chi connectivity index (χ0) is 9.94. The van der Waals surface area contributed by atoms with Crippen LogP contribution in [0.2, 0.25) is 0 Å². The lowest BCUT2D eigenvalue weighted by Gasteiger charge is -2.09. The third-order valence-electron chi connectivity index (χ3n) is 2.19. The van der Waals surface area contributed by atoms with Gasteiger partial charge in [-0.25, -0.2) is 0 Å². The van der Waals surface area contributed by atoms with E-state index >= 15 is 0 Å². The number of rotatable bonds is 9. The number of nitrogens with one attached hydrogen (secondary N) is 1. The summed E-state index contributed by atoms with van der Waals surface area (Å²) in [6, 6.07) is 0. The second kappa shape index (κ2) is 9.96. The van der Waals surface area contributed by atoms with Crippen LogP contribution in [0.15, 0.2) is 0 Å². The zero-order valence-electron chi connectivity index (χ0n) is 9.01. The van der Waals surface area contributed by atoms with Crippen LogP contribution in [0.1, 0.15) is 26.2 Å². The minimum Gasteiger partial charge on any atom is -0.383 e. The molecule has 0 aliphatic carbocycles. The first-order chi connectivity index (χ1) is 6.31. The van der Waals surface area contributed by atoms with E-state index in [-0.39, 0.29) is 0 Å². The van der Waals surface area contributed by atoms with E-state index in [1.54, 1.807) is 7.11 Å². The highest BCUT2D eigenvalue weighted by Crippen LogP contribution is 2.07. The highest BCUT2D eigenvalue weighted by molar-refractivity contribution is 4.55. The molecular weight excluding hydrogens is 164 g/mol. The van der Waals surface area contributed by atoms with Crippen molar-refractivity contribution in [3.05, 3.63) is 0 Å². The molecule has 0 amide bonds. The van der Waals surface area contributed by atoms with Gasteiger partial charge in [0.05, 0.1) is 6.61 Å². The Morgan fingerprint density at radius 2 is 2.08 bits per heavy atom. The quantitative estimate of drug-likeness (QED) is 0.530. The SMILES string of the molecule is COCCNCCCC(C)CCN. The van der Waals surface area contributed by atoms with Crippen molar-refractivity contribution in [3.63, 3.8) is 0 Å². The molecule has 0 saturated heterocycles. The molecule has 3 heteroatoms. The van der Waals surface area contributed by atoms with E-state index in [0.29, 0.717) is 0 Å².